The number of aryl methyl sites for hydroxylation is 1. The fourth-order valence-electron chi connectivity index (χ4n) is 0.735. The van der Waals surface area contributed by atoms with Crippen LogP contribution in [0.25, 0.3) is 0 Å². The van der Waals surface area contributed by atoms with Gasteiger partial charge in [-0.1, -0.05) is 23.4 Å². The van der Waals surface area contributed by atoms with Crippen LogP contribution in [0.4, 0.5) is 0 Å². The maximum absolute atomic E-state index is 8.20. The zero-order chi connectivity index (χ0) is 7.40. The average Bonchev–Trinajstić information content (AvgIpc) is 1.94. The minimum Gasteiger partial charge on any atom is -0.411 e. The summed E-state index contributed by atoms with van der Waals surface area (Å²) in [5.41, 5.74) is 1.88. The van der Waals surface area contributed by atoms with Gasteiger partial charge in [0, 0.05) is 0 Å². The average molecular weight is 134 g/mol. The normalized spacial score (nSPS) is 10.5. The van der Waals surface area contributed by atoms with Crippen molar-refractivity contribution < 1.29 is 5.21 Å². The first kappa shape index (κ1) is 6.81. The maximum atomic E-state index is 8.20. The maximum Gasteiger partial charge on any atom is 0.0736 e. The SMILES string of the molecule is Cc1[c]cccc1/C=N\O. The van der Waals surface area contributed by atoms with E-state index >= 15 is 0 Å². The third kappa shape index (κ3) is 1.35. The second-order valence-electron chi connectivity index (χ2n) is 2.00. The Balaban J connectivity index is 3.03. The standard InChI is InChI=1S/C8H8NO/c1-7-4-2-3-5-8(7)6-9-10/h2-3,5-6,10H,1H3/b9-6-. The number of benzene rings is 1. The molecule has 0 aliphatic heterocycles. The molecule has 10 heavy (non-hydrogen) atoms. The van der Waals surface area contributed by atoms with E-state index < -0.39 is 0 Å². The summed E-state index contributed by atoms with van der Waals surface area (Å²) in [7, 11) is 0. The van der Waals surface area contributed by atoms with Gasteiger partial charge in [0.25, 0.3) is 0 Å². The van der Waals surface area contributed by atoms with E-state index in [1.807, 2.05) is 25.1 Å². The first-order chi connectivity index (χ1) is 4.84. The molecule has 0 spiro atoms. The van der Waals surface area contributed by atoms with E-state index in [-0.39, 0.29) is 0 Å². The first-order valence-corrected chi connectivity index (χ1v) is 2.99. The summed E-state index contributed by atoms with van der Waals surface area (Å²) in [4.78, 5) is 0. The molecular formula is C8H8NO. The lowest BCUT2D eigenvalue weighted by molar-refractivity contribution is 0.322. The van der Waals surface area contributed by atoms with Crippen molar-refractivity contribution in [3.05, 3.63) is 35.4 Å². The van der Waals surface area contributed by atoms with Crippen LogP contribution in [-0.2, 0) is 0 Å². The molecule has 0 bridgehead atoms. The molecule has 0 atom stereocenters. The molecule has 1 N–H and O–H groups in total. The van der Waals surface area contributed by atoms with E-state index in [2.05, 4.69) is 11.2 Å². The van der Waals surface area contributed by atoms with Crippen LogP contribution >= 0.6 is 0 Å². The highest BCUT2D eigenvalue weighted by Gasteiger charge is 1.90. The quantitative estimate of drug-likeness (QED) is 0.353. The smallest absolute Gasteiger partial charge is 0.0736 e. The second-order valence-corrected chi connectivity index (χ2v) is 2.00. The molecule has 0 fully saturated rings. The van der Waals surface area contributed by atoms with Gasteiger partial charge in [0.1, 0.15) is 0 Å². The molecule has 1 radical (unpaired) electrons. The van der Waals surface area contributed by atoms with Crippen molar-refractivity contribution in [3.8, 4) is 0 Å². The van der Waals surface area contributed by atoms with Crippen LogP contribution in [0.15, 0.2) is 23.4 Å². The molecule has 0 aliphatic carbocycles. The largest absolute Gasteiger partial charge is 0.411 e. The second kappa shape index (κ2) is 3.01. The highest BCUT2D eigenvalue weighted by atomic mass is 16.4. The monoisotopic (exact) mass is 134 g/mol. The predicted molar refractivity (Wildman–Crippen MR) is 39.4 cm³/mol. The van der Waals surface area contributed by atoms with Crippen molar-refractivity contribution in [3.63, 3.8) is 0 Å². The third-order valence-corrected chi connectivity index (χ3v) is 1.30. The fourth-order valence-corrected chi connectivity index (χ4v) is 0.735. The van der Waals surface area contributed by atoms with Gasteiger partial charge in [-0.3, -0.25) is 0 Å². The van der Waals surface area contributed by atoms with Crippen LogP contribution in [0.1, 0.15) is 11.1 Å². The van der Waals surface area contributed by atoms with Crippen molar-refractivity contribution in [2.24, 2.45) is 5.16 Å². The summed E-state index contributed by atoms with van der Waals surface area (Å²) in [5.74, 6) is 0. The van der Waals surface area contributed by atoms with Crippen LogP contribution in [0.3, 0.4) is 0 Å². The Morgan fingerprint density at radius 3 is 3.10 bits per heavy atom. The molecule has 0 aromatic heterocycles. The van der Waals surface area contributed by atoms with Gasteiger partial charge in [0.05, 0.1) is 6.21 Å². The van der Waals surface area contributed by atoms with Gasteiger partial charge in [-0.25, -0.2) is 0 Å². The molecule has 51 valence electrons. The highest BCUT2D eigenvalue weighted by Crippen LogP contribution is 2.01. The van der Waals surface area contributed by atoms with Gasteiger partial charge >= 0.3 is 0 Å². The van der Waals surface area contributed by atoms with Gasteiger partial charge in [-0.05, 0) is 24.1 Å². The van der Waals surface area contributed by atoms with Gasteiger partial charge in [0.15, 0.2) is 0 Å². The zero-order valence-electron chi connectivity index (χ0n) is 5.70. The Hall–Kier alpha value is -1.31. The van der Waals surface area contributed by atoms with Crippen molar-refractivity contribution in [2.75, 3.05) is 0 Å². The Morgan fingerprint density at radius 1 is 1.70 bits per heavy atom. The molecule has 0 heterocycles. The van der Waals surface area contributed by atoms with E-state index in [9.17, 15) is 0 Å². The van der Waals surface area contributed by atoms with E-state index in [4.69, 9.17) is 5.21 Å². The molecule has 0 amide bonds. The summed E-state index contributed by atoms with van der Waals surface area (Å²) in [6, 6.07) is 8.52. The van der Waals surface area contributed by atoms with Crippen LogP contribution in [-0.4, -0.2) is 11.4 Å². The Labute approximate surface area is 59.8 Å². The third-order valence-electron chi connectivity index (χ3n) is 1.30. The molecule has 0 saturated carbocycles. The summed E-state index contributed by atoms with van der Waals surface area (Å²) in [6.45, 7) is 1.91. The van der Waals surface area contributed by atoms with Crippen molar-refractivity contribution in [1.29, 1.82) is 0 Å². The predicted octanol–water partition coefficient (Wildman–Crippen LogP) is 1.60. The van der Waals surface area contributed by atoms with Crippen LogP contribution in [0.2, 0.25) is 0 Å². The topological polar surface area (TPSA) is 32.6 Å². The minimum atomic E-state index is 0.894. The summed E-state index contributed by atoms with van der Waals surface area (Å²) in [5, 5.41) is 11.1. The van der Waals surface area contributed by atoms with E-state index in [0.29, 0.717) is 0 Å². The molecule has 0 aliphatic rings. The lowest BCUT2D eigenvalue weighted by Crippen LogP contribution is -1.84. The molecule has 1 aromatic carbocycles. The van der Waals surface area contributed by atoms with Crippen LogP contribution < -0.4 is 0 Å². The molecule has 1 rings (SSSR count). The molecule has 2 heteroatoms. The van der Waals surface area contributed by atoms with E-state index in [1.165, 1.54) is 6.21 Å². The fraction of sp³-hybridized carbons (Fsp3) is 0.125. The first-order valence-electron chi connectivity index (χ1n) is 2.99. The molecule has 2 nitrogen and oxygen atoms in total. The molecule has 1 aromatic rings. The van der Waals surface area contributed by atoms with Gasteiger partial charge < -0.3 is 5.21 Å². The van der Waals surface area contributed by atoms with Gasteiger partial charge in [0.2, 0.25) is 0 Å². The molecule has 0 saturated heterocycles. The van der Waals surface area contributed by atoms with E-state index in [1.54, 1.807) is 0 Å². The minimum absolute atomic E-state index is 0.894. The number of oxime groups is 1. The van der Waals surface area contributed by atoms with Crippen LogP contribution in [0, 0.1) is 13.0 Å². The highest BCUT2D eigenvalue weighted by molar-refractivity contribution is 5.80. The zero-order valence-corrected chi connectivity index (χ0v) is 5.70. The molecule has 0 unspecified atom stereocenters. The lowest BCUT2D eigenvalue weighted by Gasteiger charge is -1.94. The number of rotatable bonds is 1. The number of hydrogen-bond donors (Lipinski definition) is 1. The van der Waals surface area contributed by atoms with Gasteiger partial charge in [-0.15, -0.1) is 0 Å². The molecular weight excluding hydrogens is 126 g/mol. The summed E-state index contributed by atoms with van der Waals surface area (Å²) < 4.78 is 0. The van der Waals surface area contributed by atoms with Gasteiger partial charge in [-0.2, -0.15) is 0 Å². The number of hydrogen-bond acceptors (Lipinski definition) is 2. The van der Waals surface area contributed by atoms with Crippen molar-refractivity contribution in [2.45, 2.75) is 6.92 Å². The Morgan fingerprint density at radius 2 is 2.50 bits per heavy atom. The van der Waals surface area contributed by atoms with Crippen molar-refractivity contribution >= 4 is 6.21 Å². The number of nitrogens with zero attached hydrogens (tertiary/aromatic N) is 1. The Kier molecular flexibility index (Phi) is 2.05. The van der Waals surface area contributed by atoms with Crippen LogP contribution in [0.5, 0.6) is 0 Å². The van der Waals surface area contributed by atoms with E-state index in [0.717, 1.165) is 11.1 Å². The summed E-state index contributed by atoms with van der Waals surface area (Å²) >= 11 is 0. The lowest BCUT2D eigenvalue weighted by atomic mass is 10.1. The van der Waals surface area contributed by atoms with Crippen molar-refractivity contribution in [1.82, 2.24) is 0 Å². The summed E-state index contributed by atoms with van der Waals surface area (Å²) in [6.07, 6.45) is 1.39. The Bertz CT molecular complexity index is 243.